The van der Waals surface area contributed by atoms with E-state index in [1.807, 2.05) is 72.8 Å². The third-order valence-corrected chi connectivity index (χ3v) is 9.22. The molecule has 0 radical (unpaired) electrons. The molecule has 5 rings (SSSR count). The van der Waals surface area contributed by atoms with Crippen LogP contribution in [0, 0.1) is 0 Å². The fourth-order valence-electron chi connectivity index (χ4n) is 5.97. The first-order valence-electron chi connectivity index (χ1n) is 17.7. The van der Waals surface area contributed by atoms with Crippen molar-refractivity contribution in [2.45, 2.75) is 95.7 Å². The summed E-state index contributed by atoms with van der Waals surface area (Å²) in [5.41, 5.74) is 4.27. The van der Waals surface area contributed by atoms with E-state index >= 15 is 0 Å². The number of hydrogen-bond donors (Lipinski definition) is 0. The van der Waals surface area contributed by atoms with Gasteiger partial charge in [-0.15, -0.1) is 0 Å². The van der Waals surface area contributed by atoms with E-state index in [1.54, 1.807) is 0 Å². The van der Waals surface area contributed by atoms with Gasteiger partial charge in [-0.1, -0.05) is 163 Å². The fraction of sp³-hybridized carbons (Fsp3) is 0.429. The molecule has 0 spiro atoms. The molecule has 1 saturated heterocycles. The quantitative estimate of drug-likeness (QED) is 0.0594. The largest absolute Gasteiger partial charge is 0.379 e. The van der Waals surface area contributed by atoms with E-state index in [-0.39, 0.29) is 0 Å². The Balaban J connectivity index is 1.36. The Hall–Kier alpha value is -2.88. The molecule has 5 atom stereocenters. The zero-order valence-corrected chi connectivity index (χ0v) is 30.0. The lowest BCUT2D eigenvalue weighted by molar-refractivity contribution is -0.330. The standard InChI is InChI=1S/C42H51BrO6/c43-27-17-3-1-2-4-18-28-44-33-38-39(45-29-34-19-9-5-10-20-34)40(46-30-35-21-11-6-12-22-35)41(47-31-36-23-13-7-14-24-36)42(49-38)48-32-37-25-15-8-16-26-37/h5-16,19-26,38-42H,1-4,17-18,27-33H2/t38-,39-,40+,41-,42?/m1/s1. The van der Waals surface area contributed by atoms with Crippen LogP contribution in [0.2, 0.25) is 0 Å². The molecule has 49 heavy (non-hydrogen) atoms. The second-order valence-electron chi connectivity index (χ2n) is 12.5. The predicted molar refractivity (Wildman–Crippen MR) is 197 cm³/mol. The van der Waals surface area contributed by atoms with E-state index in [9.17, 15) is 0 Å². The zero-order chi connectivity index (χ0) is 33.8. The van der Waals surface area contributed by atoms with Crippen molar-refractivity contribution in [1.82, 2.24) is 0 Å². The Kier molecular flexibility index (Phi) is 16.8. The summed E-state index contributed by atoms with van der Waals surface area (Å²) in [5, 5.41) is 1.08. The predicted octanol–water partition coefficient (Wildman–Crippen LogP) is 9.44. The molecular weight excluding hydrogens is 680 g/mol. The van der Waals surface area contributed by atoms with E-state index in [0.717, 1.165) is 40.4 Å². The van der Waals surface area contributed by atoms with Gasteiger partial charge in [0.05, 0.1) is 33.0 Å². The van der Waals surface area contributed by atoms with Gasteiger partial charge in [0.1, 0.15) is 24.4 Å². The minimum atomic E-state index is -0.704. The molecule has 4 aromatic carbocycles. The van der Waals surface area contributed by atoms with Gasteiger partial charge in [0.25, 0.3) is 0 Å². The highest BCUT2D eigenvalue weighted by atomic mass is 79.9. The van der Waals surface area contributed by atoms with E-state index < -0.39 is 30.7 Å². The summed E-state index contributed by atoms with van der Waals surface area (Å²) in [6.07, 6.45) is 4.50. The van der Waals surface area contributed by atoms with Crippen LogP contribution < -0.4 is 0 Å². The Morgan fingerprint density at radius 2 is 0.857 bits per heavy atom. The van der Waals surface area contributed by atoms with Crippen LogP contribution >= 0.6 is 15.9 Å². The van der Waals surface area contributed by atoms with Crippen LogP contribution in [0.25, 0.3) is 0 Å². The van der Waals surface area contributed by atoms with Gasteiger partial charge in [0.15, 0.2) is 6.29 Å². The minimum Gasteiger partial charge on any atom is -0.379 e. The number of hydrogen-bond acceptors (Lipinski definition) is 6. The fourth-order valence-corrected chi connectivity index (χ4v) is 6.37. The molecule has 1 fully saturated rings. The van der Waals surface area contributed by atoms with Crippen molar-refractivity contribution in [3.63, 3.8) is 0 Å². The van der Waals surface area contributed by atoms with Gasteiger partial charge < -0.3 is 28.4 Å². The molecule has 4 aromatic rings. The van der Waals surface area contributed by atoms with Crippen LogP contribution in [-0.2, 0) is 54.8 Å². The van der Waals surface area contributed by atoms with Crippen molar-refractivity contribution in [2.24, 2.45) is 0 Å². The van der Waals surface area contributed by atoms with Crippen molar-refractivity contribution in [3.05, 3.63) is 144 Å². The lowest BCUT2D eigenvalue weighted by atomic mass is 9.97. The Morgan fingerprint density at radius 1 is 0.449 bits per heavy atom. The maximum absolute atomic E-state index is 6.81. The zero-order valence-electron chi connectivity index (χ0n) is 28.5. The first-order valence-corrected chi connectivity index (χ1v) is 18.8. The first kappa shape index (κ1) is 37.4. The summed E-state index contributed by atoms with van der Waals surface area (Å²) >= 11 is 3.53. The Bertz CT molecular complexity index is 1390. The Morgan fingerprint density at radius 3 is 1.35 bits per heavy atom. The number of alkyl halides is 1. The van der Waals surface area contributed by atoms with Crippen molar-refractivity contribution < 1.29 is 28.4 Å². The highest BCUT2D eigenvalue weighted by Crippen LogP contribution is 2.32. The maximum Gasteiger partial charge on any atom is 0.187 e. The van der Waals surface area contributed by atoms with Crippen molar-refractivity contribution in [1.29, 1.82) is 0 Å². The number of ether oxygens (including phenoxy) is 6. The molecule has 0 saturated carbocycles. The van der Waals surface area contributed by atoms with Crippen LogP contribution in [0.4, 0.5) is 0 Å². The molecule has 1 aliphatic rings. The van der Waals surface area contributed by atoms with E-state index in [4.69, 9.17) is 28.4 Å². The number of benzene rings is 4. The molecule has 0 N–H and O–H groups in total. The van der Waals surface area contributed by atoms with Gasteiger partial charge in [0, 0.05) is 11.9 Å². The van der Waals surface area contributed by atoms with Gasteiger partial charge >= 0.3 is 0 Å². The average Bonchev–Trinajstić information content (AvgIpc) is 3.16. The first-order chi connectivity index (χ1) is 24.3. The smallest absolute Gasteiger partial charge is 0.187 e. The normalized spacial score (nSPS) is 20.7. The van der Waals surface area contributed by atoms with E-state index in [1.165, 1.54) is 25.7 Å². The Labute approximate surface area is 301 Å². The summed E-state index contributed by atoms with van der Waals surface area (Å²) in [7, 11) is 0. The number of halogens is 1. The molecule has 7 heteroatoms. The van der Waals surface area contributed by atoms with Gasteiger partial charge in [-0.25, -0.2) is 0 Å². The number of unbranched alkanes of at least 4 members (excludes halogenated alkanes) is 5. The topological polar surface area (TPSA) is 55.4 Å². The van der Waals surface area contributed by atoms with Crippen LogP contribution in [0.15, 0.2) is 121 Å². The molecule has 262 valence electrons. The van der Waals surface area contributed by atoms with Crippen LogP contribution in [-0.4, -0.2) is 49.2 Å². The highest BCUT2D eigenvalue weighted by Gasteiger charge is 2.49. The molecule has 0 bridgehead atoms. The second-order valence-corrected chi connectivity index (χ2v) is 13.3. The highest BCUT2D eigenvalue weighted by molar-refractivity contribution is 9.09. The van der Waals surface area contributed by atoms with Gasteiger partial charge in [-0.3, -0.25) is 0 Å². The summed E-state index contributed by atoms with van der Waals surface area (Å²) < 4.78 is 39.9. The monoisotopic (exact) mass is 730 g/mol. The van der Waals surface area contributed by atoms with E-state index in [0.29, 0.717) is 39.6 Å². The third kappa shape index (κ3) is 13.1. The van der Waals surface area contributed by atoms with Crippen molar-refractivity contribution in [2.75, 3.05) is 18.5 Å². The van der Waals surface area contributed by atoms with Crippen molar-refractivity contribution >= 4 is 15.9 Å². The summed E-state index contributed by atoms with van der Waals surface area (Å²) in [6, 6.07) is 40.7. The van der Waals surface area contributed by atoms with Gasteiger partial charge in [0.2, 0.25) is 0 Å². The van der Waals surface area contributed by atoms with E-state index in [2.05, 4.69) is 64.5 Å². The minimum absolute atomic E-state index is 0.366. The average molecular weight is 732 g/mol. The SMILES string of the molecule is BrCCCCCCCCOC[C@H]1OC(OCc2ccccc2)[C@H](OCc2ccccc2)[C@@H](OCc2ccccc2)[C@@H]1OCc1ccccc1. The lowest BCUT2D eigenvalue weighted by Crippen LogP contribution is -2.61. The molecule has 1 heterocycles. The van der Waals surface area contributed by atoms with Crippen LogP contribution in [0.3, 0.4) is 0 Å². The van der Waals surface area contributed by atoms with Crippen LogP contribution in [0.5, 0.6) is 0 Å². The molecule has 1 aliphatic heterocycles. The lowest BCUT2D eigenvalue weighted by Gasteiger charge is -2.46. The second kappa shape index (κ2) is 22.0. The summed E-state index contributed by atoms with van der Waals surface area (Å²) in [6.45, 7) is 2.60. The summed E-state index contributed by atoms with van der Waals surface area (Å²) in [5.74, 6) is 0. The molecule has 0 aromatic heterocycles. The molecular formula is C42H51BrO6. The number of rotatable bonds is 22. The van der Waals surface area contributed by atoms with Gasteiger partial charge in [-0.2, -0.15) is 0 Å². The summed E-state index contributed by atoms with van der Waals surface area (Å²) in [4.78, 5) is 0. The molecule has 1 unspecified atom stereocenters. The van der Waals surface area contributed by atoms with Crippen LogP contribution in [0.1, 0.15) is 60.8 Å². The van der Waals surface area contributed by atoms with Gasteiger partial charge in [-0.05, 0) is 35.1 Å². The maximum atomic E-state index is 6.81. The third-order valence-electron chi connectivity index (χ3n) is 8.66. The molecule has 0 aliphatic carbocycles. The molecule has 0 amide bonds. The van der Waals surface area contributed by atoms with Crippen molar-refractivity contribution in [3.8, 4) is 0 Å². The molecule has 6 nitrogen and oxygen atoms in total.